The SMILES string of the molecule is CCOc1nc(Cl)nc(N(C)Cc2cccs2)n1. The Morgan fingerprint density at radius 1 is 1.39 bits per heavy atom. The Balaban J connectivity index is 2.16. The van der Waals surface area contributed by atoms with Gasteiger partial charge < -0.3 is 9.64 Å². The standard InChI is InChI=1S/C11H13ClN4OS/c1-3-17-11-14-9(12)13-10(15-11)16(2)7-8-5-4-6-18-8/h4-6H,3,7H2,1-2H3. The van der Waals surface area contributed by atoms with Gasteiger partial charge in [-0.3, -0.25) is 0 Å². The maximum absolute atomic E-state index is 5.85. The summed E-state index contributed by atoms with van der Waals surface area (Å²) in [5.41, 5.74) is 0. The summed E-state index contributed by atoms with van der Waals surface area (Å²) in [6.07, 6.45) is 0. The molecule has 0 fully saturated rings. The molecule has 0 bridgehead atoms. The third-order valence-corrected chi connectivity index (χ3v) is 3.19. The van der Waals surface area contributed by atoms with Crippen LogP contribution in [0.4, 0.5) is 5.95 Å². The highest BCUT2D eigenvalue weighted by Crippen LogP contribution is 2.18. The van der Waals surface area contributed by atoms with Crippen LogP contribution in [0.2, 0.25) is 5.28 Å². The first-order valence-electron chi connectivity index (χ1n) is 5.47. The molecule has 2 aromatic rings. The number of anilines is 1. The molecule has 0 unspecified atom stereocenters. The Labute approximate surface area is 114 Å². The molecule has 0 aliphatic heterocycles. The smallest absolute Gasteiger partial charge is 0.322 e. The molecule has 2 aromatic heterocycles. The van der Waals surface area contributed by atoms with Crippen molar-refractivity contribution in [2.24, 2.45) is 0 Å². The molecule has 2 heterocycles. The lowest BCUT2D eigenvalue weighted by Crippen LogP contribution is -2.19. The van der Waals surface area contributed by atoms with E-state index in [1.165, 1.54) is 4.88 Å². The topological polar surface area (TPSA) is 51.1 Å². The van der Waals surface area contributed by atoms with Crippen molar-refractivity contribution in [1.82, 2.24) is 15.0 Å². The number of rotatable bonds is 5. The predicted octanol–water partition coefficient (Wildman–Crippen LogP) is 2.62. The summed E-state index contributed by atoms with van der Waals surface area (Å²) < 4.78 is 5.24. The molecule has 0 aromatic carbocycles. The third kappa shape index (κ3) is 3.30. The first kappa shape index (κ1) is 13.0. The highest BCUT2D eigenvalue weighted by Gasteiger charge is 2.10. The fraction of sp³-hybridized carbons (Fsp3) is 0.364. The van der Waals surface area contributed by atoms with Gasteiger partial charge >= 0.3 is 6.01 Å². The van der Waals surface area contributed by atoms with Gasteiger partial charge in [-0.05, 0) is 30.0 Å². The molecule has 0 radical (unpaired) electrons. The summed E-state index contributed by atoms with van der Waals surface area (Å²) in [7, 11) is 1.90. The van der Waals surface area contributed by atoms with E-state index in [0.717, 1.165) is 6.54 Å². The van der Waals surface area contributed by atoms with Crippen LogP contribution >= 0.6 is 22.9 Å². The van der Waals surface area contributed by atoms with Crippen LogP contribution in [0.3, 0.4) is 0 Å². The van der Waals surface area contributed by atoms with E-state index in [9.17, 15) is 0 Å². The Kier molecular flexibility index (Phi) is 4.33. The number of thiophene rings is 1. The molecule has 96 valence electrons. The molecule has 18 heavy (non-hydrogen) atoms. The van der Waals surface area contributed by atoms with Crippen molar-refractivity contribution < 1.29 is 4.74 Å². The highest BCUT2D eigenvalue weighted by molar-refractivity contribution is 7.09. The minimum absolute atomic E-state index is 0.140. The number of nitrogens with zero attached hydrogens (tertiary/aromatic N) is 4. The van der Waals surface area contributed by atoms with Gasteiger partial charge in [0.05, 0.1) is 13.2 Å². The molecule has 0 atom stereocenters. The quantitative estimate of drug-likeness (QED) is 0.845. The van der Waals surface area contributed by atoms with Crippen LogP contribution in [0.5, 0.6) is 6.01 Å². The van der Waals surface area contributed by atoms with E-state index in [1.54, 1.807) is 11.3 Å². The lowest BCUT2D eigenvalue weighted by Gasteiger charge is -2.16. The average Bonchev–Trinajstić information content (AvgIpc) is 2.81. The van der Waals surface area contributed by atoms with Gasteiger partial charge in [-0.15, -0.1) is 11.3 Å². The monoisotopic (exact) mass is 284 g/mol. The van der Waals surface area contributed by atoms with E-state index in [2.05, 4.69) is 21.0 Å². The van der Waals surface area contributed by atoms with E-state index in [-0.39, 0.29) is 11.3 Å². The van der Waals surface area contributed by atoms with E-state index < -0.39 is 0 Å². The van der Waals surface area contributed by atoms with E-state index in [1.807, 2.05) is 30.3 Å². The van der Waals surface area contributed by atoms with Crippen LogP contribution in [0.25, 0.3) is 0 Å². The normalized spacial score (nSPS) is 10.4. The van der Waals surface area contributed by atoms with Gasteiger partial charge in [0.1, 0.15) is 0 Å². The van der Waals surface area contributed by atoms with E-state index in [0.29, 0.717) is 12.6 Å². The first-order valence-corrected chi connectivity index (χ1v) is 6.72. The van der Waals surface area contributed by atoms with Gasteiger partial charge in [-0.1, -0.05) is 6.07 Å². The second kappa shape index (κ2) is 5.97. The fourth-order valence-corrected chi connectivity index (χ4v) is 2.30. The van der Waals surface area contributed by atoms with Crippen molar-refractivity contribution in [1.29, 1.82) is 0 Å². The summed E-state index contributed by atoms with van der Waals surface area (Å²) in [5.74, 6) is 0.506. The summed E-state index contributed by atoms with van der Waals surface area (Å²) in [6, 6.07) is 4.33. The second-order valence-electron chi connectivity index (χ2n) is 3.56. The van der Waals surface area contributed by atoms with Gasteiger partial charge in [0.25, 0.3) is 0 Å². The van der Waals surface area contributed by atoms with Gasteiger partial charge in [0, 0.05) is 11.9 Å². The average molecular weight is 285 g/mol. The van der Waals surface area contributed by atoms with Crippen molar-refractivity contribution in [3.8, 4) is 6.01 Å². The van der Waals surface area contributed by atoms with Crippen LogP contribution in [0, 0.1) is 0 Å². The lowest BCUT2D eigenvalue weighted by molar-refractivity contribution is 0.311. The molecular formula is C11H13ClN4OS. The second-order valence-corrected chi connectivity index (χ2v) is 4.93. The molecular weight excluding hydrogens is 272 g/mol. The minimum atomic E-state index is 0.140. The summed E-state index contributed by atoms with van der Waals surface area (Å²) in [4.78, 5) is 15.3. The maximum Gasteiger partial charge on any atom is 0.322 e. The maximum atomic E-state index is 5.85. The molecule has 0 spiro atoms. The number of hydrogen-bond acceptors (Lipinski definition) is 6. The van der Waals surface area contributed by atoms with Crippen molar-refractivity contribution in [3.05, 3.63) is 27.7 Å². The molecule has 2 rings (SSSR count). The molecule has 0 saturated carbocycles. The molecule has 7 heteroatoms. The van der Waals surface area contributed by atoms with Gasteiger partial charge in [-0.2, -0.15) is 15.0 Å². The third-order valence-electron chi connectivity index (χ3n) is 2.16. The van der Waals surface area contributed by atoms with Crippen LogP contribution in [-0.4, -0.2) is 28.6 Å². The van der Waals surface area contributed by atoms with Gasteiger partial charge in [0.15, 0.2) is 0 Å². The Bertz CT molecular complexity index is 506. The van der Waals surface area contributed by atoms with Crippen molar-refractivity contribution >= 4 is 28.9 Å². The molecule has 0 aliphatic rings. The van der Waals surface area contributed by atoms with Crippen molar-refractivity contribution in [2.75, 3.05) is 18.6 Å². The predicted molar refractivity (Wildman–Crippen MR) is 72.4 cm³/mol. The largest absolute Gasteiger partial charge is 0.464 e. The lowest BCUT2D eigenvalue weighted by atomic mass is 10.4. The van der Waals surface area contributed by atoms with E-state index >= 15 is 0 Å². The molecule has 5 nitrogen and oxygen atoms in total. The van der Waals surface area contributed by atoms with E-state index in [4.69, 9.17) is 16.3 Å². The summed E-state index contributed by atoms with van der Waals surface area (Å²) in [5, 5.41) is 2.18. The summed E-state index contributed by atoms with van der Waals surface area (Å²) in [6.45, 7) is 3.09. The van der Waals surface area contributed by atoms with Gasteiger partial charge in [0.2, 0.25) is 11.2 Å². The zero-order chi connectivity index (χ0) is 13.0. The van der Waals surface area contributed by atoms with Crippen LogP contribution in [0.1, 0.15) is 11.8 Å². The summed E-state index contributed by atoms with van der Waals surface area (Å²) >= 11 is 7.53. The molecule has 0 aliphatic carbocycles. The number of aromatic nitrogens is 3. The van der Waals surface area contributed by atoms with Gasteiger partial charge in [-0.25, -0.2) is 0 Å². The Hall–Kier alpha value is -1.40. The number of halogens is 1. The number of ether oxygens (including phenoxy) is 1. The number of hydrogen-bond donors (Lipinski definition) is 0. The van der Waals surface area contributed by atoms with Crippen molar-refractivity contribution in [2.45, 2.75) is 13.5 Å². The molecule has 0 amide bonds. The highest BCUT2D eigenvalue weighted by atomic mass is 35.5. The first-order chi connectivity index (χ1) is 8.69. The van der Waals surface area contributed by atoms with Crippen LogP contribution in [-0.2, 0) is 6.54 Å². The zero-order valence-electron chi connectivity index (χ0n) is 10.1. The fourth-order valence-electron chi connectivity index (χ4n) is 1.39. The van der Waals surface area contributed by atoms with Crippen LogP contribution < -0.4 is 9.64 Å². The van der Waals surface area contributed by atoms with Crippen LogP contribution in [0.15, 0.2) is 17.5 Å². The Morgan fingerprint density at radius 2 is 2.22 bits per heavy atom. The zero-order valence-corrected chi connectivity index (χ0v) is 11.7. The molecule has 0 N–H and O–H groups in total. The minimum Gasteiger partial charge on any atom is -0.464 e. The molecule has 0 saturated heterocycles. The Morgan fingerprint density at radius 3 is 2.89 bits per heavy atom. The van der Waals surface area contributed by atoms with Crippen molar-refractivity contribution in [3.63, 3.8) is 0 Å².